The third kappa shape index (κ3) is 9.04. The van der Waals surface area contributed by atoms with Crippen molar-refractivity contribution >= 4 is 24.1 Å². The van der Waals surface area contributed by atoms with Crippen LogP contribution in [0.25, 0.3) is 22.4 Å². The molecule has 2 aromatic carbocycles. The van der Waals surface area contributed by atoms with E-state index in [4.69, 9.17) is 9.73 Å². The molecule has 12 nitrogen and oxygen atoms in total. The zero-order chi connectivity index (χ0) is 36.1. The number of benzene rings is 2. The highest BCUT2D eigenvalue weighted by Crippen LogP contribution is 2.35. The van der Waals surface area contributed by atoms with Crippen molar-refractivity contribution in [3.05, 3.63) is 65.1 Å². The van der Waals surface area contributed by atoms with Crippen LogP contribution < -0.4 is 5.32 Å². The Morgan fingerprint density at radius 3 is 2.22 bits per heavy atom. The number of imidazole rings is 1. The zero-order valence-corrected chi connectivity index (χ0v) is 30.0. The Morgan fingerprint density at radius 1 is 0.960 bits per heavy atom. The third-order valence-electron chi connectivity index (χ3n) is 8.69. The van der Waals surface area contributed by atoms with Crippen molar-refractivity contribution < 1.29 is 29.3 Å². The minimum Gasteiger partial charge on any atom is -0.462 e. The van der Waals surface area contributed by atoms with Crippen molar-refractivity contribution in [2.45, 2.75) is 104 Å². The molecule has 12 heteroatoms. The van der Waals surface area contributed by atoms with Crippen LogP contribution in [0.1, 0.15) is 95.8 Å². The number of aliphatic hydroxyl groups is 2. The number of nitrogens with zero attached hydrogens (tertiary/aromatic N) is 4. The number of likely N-dealkylation sites (tertiary alicyclic amines) is 1. The summed E-state index contributed by atoms with van der Waals surface area (Å²) < 4.78 is 10.2. The number of hydrogen-bond acceptors (Lipinski definition) is 10. The van der Waals surface area contributed by atoms with E-state index < -0.39 is 5.60 Å². The lowest BCUT2D eigenvalue weighted by atomic mass is 9.92. The first-order chi connectivity index (χ1) is 23.8. The van der Waals surface area contributed by atoms with Crippen LogP contribution in [0.15, 0.2) is 52.6 Å². The highest BCUT2D eigenvalue weighted by molar-refractivity contribution is 6.14. The molecule has 1 aromatic heterocycles. The molecule has 50 heavy (non-hydrogen) atoms. The number of aliphatic hydroxyl groups excluding tert-OH is 2. The van der Waals surface area contributed by atoms with E-state index in [0.29, 0.717) is 19.6 Å². The highest BCUT2D eigenvalue weighted by atomic mass is 16.6. The number of aromatic nitrogens is 2. The number of nitrogens with one attached hydrogen (secondary N) is 2. The molecule has 3 aliphatic rings. The number of amides is 1. The Labute approximate surface area is 294 Å². The van der Waals surface area contributed by atoms with Gasteiger partial charge in [-0.2, -0.15) is 0 Å². The summed E-state index contributed by atoms with van der Waals surface area (Å²) in [4.78, 5) is 41.6. The van der Waals surface area contributed by atoms with E-state index in [0.717, 1.165) is 88.7 Å². The van der Waals surface area contributed by atoms with Crippen molar-refractivity contribution in [1.82, 2.24) is 20.2 Å². The van der Waals surface area contributed by atoms with Crippen LogP contribution in [-0.2, 0) is 27.5 Å². The fraction of sp³-hybridized carbons (Fsp3) is 0.500. The highest BCUT2D eigenvalue weighted by Gasteiger charge is 2.35. The largest absolute Gasteiger partial charge is 0.462 e. The molecular formula is C38H50N6O6. The minimum atomic E-state index is -0.563. The molecule has 0 saturated carbocycles. The molecule has 268 valence electrons. The number of amidine groups is 1. The topological polar surface area (TPSA) is 162 Å². The van der Waals surface area contributed by atoms with Crippen LogP contribution in [0.2, 0.25) is 0 Å². The first-order valence-corrected chi connectivity index (χ1v) is 17.3. The van der Waals surface area contributed by atoms with Gasteiger partial charge in [0.05, 0.1) is 49.4 Å². The maximum Gasteiger partial charge on any atom is 0.410 e. The summed E-state index contributed by atoms with van der Waals surface area (Å²) in [6.07, 6.45) is 5.33. The smallest absolute Gasteiger partial charge is 0.410 e. The quantitative estimate of drug-likeness (QED) is 0.219. The van der Waals surface area contributed by atoms with Gasteiger partial charge in [-0.15, -0.1) is 0 Å². The number of carbonyl (C=O) groups excluding carboxylic acids is 2. The molecule has 4 heterocycles. The van der Waals surface area contributed by atoms with Crippen molar-refractivity contribution in [2.75, 3.05) is 19.6 Å². The monoisotopic (exact) mass is 686 g/mol. The molecule has 0 radical (unpaired) electrons. The summed E-state index contributed by atoms with van der Waals surface area (Å²) in [5, 5.41) is 24.1. The van der Waals surface area contributed by atoms with Gasteiger partial charge in [-0.05, 0) is 119 Å². The second-order valence-corrected chi connectivity index (χ2v) is 14.8. The van der Waals surface area contributed by atoms with Gasteiger partial charge in [0, 0.05) is 6.54 Å². The molecule has 0 bridgehead atoms. The minimum absolute atomic E-state index is 0.138. The second kappa shape index (κ2) is 15.7. The predicted octanol–water partition coefficient (Wildman–Crippen LogP) is 5.71. The molecule has 3 aliphatic heterocycles. The summed E-state index contributed by atoms with van der Waals surface area (Å²) in [6, 6.07) is 11.9. The molecule has 4 N–H and O–H groups in total. The van der Waals surface area contributed by atoms with Gasteiger partial charge in [0.15, 0.2) is 0 Å². The van der Waals surface area contributed by atoms with Gasteiger partial charge in [-0.1, -0.05) is 24.3 Å². The fourth-order valence-electron chi connectivity index (χ4n) is 6.32. The van der Waals surface area contributed by atoms with Gasteiger partial charge in [-0.3, -0.25) is 14.7 Å². The summed E-state index contributed by atoms with van der Waals surface area (Å²) in [7, 11) is 0. The number of ether oxygens (including phenoxy) is 2. The van der Waals surface area contributed by atoms with E-state index in [1.165, 1.54) is 0 Å². The Hall–Kier alpha value is -4.39. The lowest BCUT2D eigenvalue weighted by Gasteiger charge is -2.27. The van der Waals surface area contributed by atoms with Crippen LogP contribution in [0.5, 0.6) is 0 Å². The Balaban J connectivity index is 0.000000630. The van der Waals surface area contributed by atoms with E-state index >= 15 is 0 Å². The van der Waals surface area contributed by atoms with Crippen LogP contribution in [0.3, 0.4) is 0 Å². The number of aliphatic imine (C=N–C) groups is 2. The number of rotatable bonds is 8. The second-order valence-electron chi connectivity index (χ2n) is 14.8. The number of carbonyl (C=O) groups is 2. The molecule has 0 spiro atoms. The predicted molar refractivity (Wildman–Crippen MR) is 193 cm³/mol. The average Bonchev–Trinajstić information content (AvgIpc) is 3.89. The van der Waals surface area contributed by atoms with Crippen molar-refractivity contribution in [3.63, 3.8) is 0 Å². The Bertz CT molecular complexity index is 1730. The molecule has 6 rings (SSSR count). The van der Waals surface area contributed by atoms with Crippen LogP contribution >= 0.6 is 0 Å². The number of aromatic amines is 1. The molecule has 0 unspecified atom stereocenters. The molecule has 2 saturated heterocycles. The van der Waals surface area contributed by atoms with E-state index in [2.05, 4.69) is 25.0 Å². The lowest BCUT2D eigenvalue weighted by molar-refractivity contribution is -0.138. The summed E-state index contributed by atoms with van der Waals surface area (Å²) >= 11 is 0. The van der Waals surface area contributed by atoms with E-state index in [-0.39, 0.29) is 37.0 Å². The first-order valence-electron chi connectivity index (χ1n) is 17.3. The SMILES string of the molecule is CC(C)(C)OC(=O)N1CCC[C@H]1c1ncc(-c2ccc(-c3ccc(C4=NC([C@@H]5CCCN5)=NC4)cc3CO)c(CO)c2)[nH]1.CC(C)(C)OC=O. The van der Waals surface area contributed by atoms with Crippen molar-refractivity contribution in [1.29, 1.82) is 0 Å². The van der Waals surface area contributed by atoms with Gasteiger partial charge < -0.3 is 30.0 Å². The molecular weight excluding hydrogens is 636 g/mol. The normalized spacial score (nSPS) is 19.1. The molecule has 3 aromatic rings. The molecule has 2 fully saturated rings. The van der Waals surface area contributed by atoms with Gasteiger partial charge in [0.2, 0.25) is 0 Å². The third-order valence-corrected chi connectivity index (χ3v) is 8.69. The number of H-pyrrole nitrogens is 1. The maximum absolute atomic E-state index is 12.8. The lowest BCUT2D eigenvalue weighted by Crippen LogP contribution is -2.36. The Morgan fingerprint density at radius 2 is 1.64 bits per heavy atom. The summed E-state index contributed by atoms with van der Waals surface area (Å²) in [5.41, 5.74) is 5.88. The van der Waals surface area contributed by atoms with Gasteiger partial charge in [-0.25, -0.2) is 14.8 Å². The first kappa shape index (κ1) is 36.9. The van der Waals surface area contributed by atoms with Crippen LogP contribution in [0, 0.1) is 0 Å². The summed E-state index contributed by atoms with van der Waals surface area (Å²) in [6.45, 7) is 13.4. The average molecular weight is 687 g/mol. The molecule has 0 aliphatic carbocycles. The maximum atomic E-state index is 12.8. The van der Waals surface area contributed by atoms with Crippen molar-refractivity contribution in [2.24, 2.45) is 9.98 Å². The van der Waals surface area contributed by atoms with Gasteiger partial charge in [0.25, 0.3) is 6.47 Å². The number of hydrogen-bond donors (Lipinski definition) is 4. The van der Waals surface area contributed by atoms with Crippen molar-refractivity contribution in [3.8, 4) is 22.4 Å². The summed E-state index contributed by atoms with van der Waals surface area (Å²) in [5.74, 6) is 1.59. The van der Waals surface area contributed by atoms with E-state index in [1.54, 1.807) is 11.1 Å². The van der Waals surface area contributed by atoms with Crippen LogP contribution in [0.4, 0.5) is 4.79 Å². The van der Waals surface area contributed by atoms with E-state index in [9.17, 15) is 19.8 Å². The zero-order valence-electron chi connectivity index (χ0n) is 30.0. The van der Waals surface area contributed by atoms with Gasteiger partial charge in [0.1, 0.15) is 22.9 Å². The van der Waals surface area contributed by atoms with Crippen LogP contribution in [-0.4, -0.2) is 86.1 Å². The van der Waals surface area contributed by atoms with Gasteiger partial charge >= 0.3 is 6.09 Å². The molecule has 2 atom stereocenters. The van der Waals surface area contributed by atoms with E-state index in [1.807, 2.05) is 77.9 Å². The fourth-order valence-corrected chi connectivity index (χ4v) is 6.32. The standard InChI is InChI=1S/C33H40N6O4.C5H10O2/c1-33(2,3)43-32(42)39-13-5-7-29(39)31-36-17-28(38-31)21-9-11-25(23(15-21)19-41)24-10-8-20(14-22(24)18-40)27-16-35-30(37-27)26-6-4-12-34-26;1-5(2,3)7-4-6/h8-11,14-15,17,26,29,34,40-41H,4-7,12-13,16,18-19H2,1-3H3,(H,36,38);4H,1-3H3/t26-,29-;/m0./s1. The molecule has 1 amide bonds. The Kier molecular flexibility index (Phi) is 11.5.